The predicted molar refractivity (Wildman–Crippen MR) is 80.9 cm³/mol. The van der Waals surface area contributed by atoms with Gasteiger partial charge in [-0.25, -0.2) is 4.79 Å². The summed E-state index contributed by atoms with van der Waals surface area (Å²) in [5.41, 5.74) is -0.153. The number of carbonyl (C=O) groups is 2. The van der Waals surface area contributed by atoms with Crippen molar-refractivity contribution >= 4 is 23.5 Å². The van der Waals surface area contributed by atoms with E-state index in [4.69, 9.17) is 21.1 Å². The van der Waals surface area contributed by atoms with Crippen molar-refractivity contribution in [1.29, 1.82) is 0 Å². The fraction of sp³-hybridized carbons (Fsp3) is 0.375. The molecule has 0 saturated heterocycles. The number of rotatable bonds is 4. The third-order valence-electron chi connectivity index (χ3n) is 2.45. The molecule has 0 aromatic heterocycles. The Kier molecular flexibility index (Phi) is 5.55. The monoisotopic (exact) mass is 310 g/mol. The van der Waals surface area contributed by atoms with Crippen LogP contribution >= 0.6 is 11.6 Å². The van der Waals surface area contributed by atoms with Gasteiger partial charge in [0.1, 0.15) is 5.60 Å². The van der Waals surface area contributed by atoms with E-state index in [0.29, 0.717) is 10.6 Å². The fourth-order valence-corrected chi connectivity index (χ4v) is 1.86. The molecule has 1 unspecified atom stereocenters. The van der Waals surface area contributed by atoms with Gasteiger partial charge in [0.2, 0.25) is 0 Å². The van der Waals surface area contributed by atoms with Crippen LogP contribution in [0.4, 0.5) is 0 Å². The zero-order valence-electron chi connectivity index (χ0n) is 12.6. The van der Waals surface area contributed by atoms with Gasteiger partial charge in [-0.1, -0.05) is 36.4 Å². The van der Waals surface area contributed by atoms with Crippen LogP contribution in [-0.4, -0.2) is 17.5 Å². The van der Waals surface area contributed by atoms with E-state index in [2.05, 4.69) is 6.58 Å². The summed E-state index contributed by atoms with van der Waals surface area (Å²) in [5.74, 6) is -1.17. The first-order valence-electron chi connectivity index (χ1n) is 6.45. The number of esters is 2. The third-order valence-corrected chi connectivity index (χ3v) is 2.79. The Morgan fingerprint density at radius 1 is 1.24 bits per heavy atom. The van der Waals surface area contributed by atoms with Crippen LogP contribution in [0.1, 0.15) is 39.4 Å². The molecule has 0 saturated carbocycles. The number of hydrogen-bond acceptors (Lipinski definition) is 4. The van der Waals surface area contributed by atoms with Crippen molar-refractivity contribution in [2.75, 3.05) is 0 Å². The van der Waals surface area contributed by atoms with E-state index in [1.807, 2.05) is 0 Å². The van der Waals surface area contributed by atoms with Gasteiger partial charge >= 0.3 is 11.9 Å². The number of hydrogen-bond donors (Lipinski definition) is 0. The largest absolute Gasteiger partial charge is 0.457 e. The summed E-state index contributed by atoms with van der Waals surface area (Å²) in [5, 5.41) is 0.383. The van der Waals surface area contributed by atoms with Crippen molar-refractivity contribution in [3.63, 3.8) is 0 Å². The first-order chi connectivity index (χ1) is 9.61. The van der Waals surface area contributed by atoms with Gasteiger partial charge in [-0.2, -0.15) is 0 Å². The molecule has 0 radical (unpaired) electrons. The van der Waals surface area contributed by atoms with Crippen molar-refractivity contribution < 1.29 is 19.1 Å². The van der Waals surface area contributed by atoms with E-state index >= 15 is 0 Å². The molecule has 0 aliphatic carbocycles. The van der Waals surface area contributed by atoms with E-state index in [1.54, 1.807) is 45.0 Å². The molecule has 1 atom stereocenters. The van der Waals surface area contributed by atoms with Crippen LogP contribution in [0.5, 0.6) is 0 Å². The Balaban J connectivity index is 3.09. The quantitative estimate of drug-likeness (QED) is 0.626. The first kappa shape index (κ1) is 17.2. The Morgan fingerprint density at radius 2 is 1.81 bits per heavy atom. The average molecular weight is 311 g/mol. The summed E-state index contributed by atoms with van der Waals surface area (Å²) in [6.45, 7) is 10.2. The van der Waals surface area contributed by atoms with Gasteiger partial charge in [-0.15, -0.1) is 0 Å². The van der Waals surface area contributed by atoms with E-state index < -0.39 is 23.6 Å². The number of benzene rings is 1. The molecular formula is C16H19ClO4. The molecule has 1 aromatic carbocycles. The smallest absolute Gasteiger partial charge is 0.338 e. The van der Waals surface area contributed by atoms with E-state index in [9.17, 15) is 9.59 Å². The van der Waals surface area contributed by atoms with Crippen LogP contribution in [0.3, 0.4) is 0 Å². The third kappa shape index (κ3) is 5.23. The second-order valence-corrected chi connectivity index (χ2v) is 5.95. The van der Waals surface area contributed by atoms with Gasteiger partial charge in [0.15, 0.2) is 6.10 Å². The maximum Gasteiger partial charge on any atom is 0.338 e. The van der Waals surface area contributed by atoms with Crippen LogP contribution < -0.4 is 0 Å². The minimum Gasteiger partial charge on any atom is -0.457 e. The highest BCUT2D eigenvalue weighted by atomic mass is 35.5. The Morgan fingerprint density at radius 3 is 2.29 bits per heavy atom. The summed E-state index contributed by atoms with van der Waals surface area (Å²) in [7, 11) is 0. The number of halogens is 1. The SMILES string of the molecule is C=C(C(=O)OC(C)(C)C)C(OC(C)=O)c1ccccc1Cl. The standard InChI is InChI=1S/C16H19ClO4/c1-10(15(19)21-16(3,4)5)14(20-11(2)18)12-8-6-7-9-13(12)17/h6-9,14H,1H2,2-5H3. The summed E-state index contributed by atoms with van der Waals surface area (Å²) >= 11 is 6.10. The molecule has 0 fully saturated rings. The van der Waals surface area contributed by atoms with Crippen molar-refractivity contribution in [2.45, 2.75) is 39.4 Å². The lowest BCUT2D eigenvalue weighted by molar-refractivity contribution is -0.153. The van der Waals surface area contributed by atoms with Crippen LogP contribution in [-0.2, 0) is 19.1 Å². The van der Waals surface area contributed by atoms with Crippen molar-refractivity contribution in [1.82, 2.24) is 0 Å². The lowest BCUT2D eigenvalue weighted by atomic mass is 10.0. The Bertz CT molecular complexity index is 558. The molecule has 21 heavy (non-hydrogen) atoms. The molecule has 5 heteroatoms. The molecule has 0 heterocycles. The van der Waals surface area contributed by atoms with Gasteiger partial charge in [0.25, 0.3) is 0 Å². The highest BCUT2D eigenvalue weighted by Crippen LogP contribution is 2.32. The maximum absolute atomic E-state index is 12.1. The normalized spacial score (nSPS) is 12.4. The number of ether oxygens (including phenoxy) is 2. The first-order valence-corrected chi connectivity index (χ1v) is 6.83. The van der Waals surface area contributed by atoms with Gasteiger partial charge < -0.3 is 9.47 Å². The van der Waals surface area contributed by atoms with Gasteiger partial charge in [-0.05, 0) is 26.8 Å². The van der Waals surface area contributed by atoms with Gasteiger partial charge in [-0.3, -0.25) is 4.79 Å². The van der Waals surface area contributed by atoms with Gasteiger partial charge in [0, 0.05) is 17.5 Å². The van der Waals surface area contributed by atoms with Crippen LogP contribution in [0, 0.1) is 0 Å². The Hall–Kier alpha value is -1.81. The summed E-state index contributed by atoms with van der Waals surface area (Å²) in [6, 6.07) is 6.80. The van der Waals surface area contributed by atoms with E-state index in [1.165, 1.54) is 6.92 Å². The fourth-order valence-electron chi connectivity index (χ4n) is 1.63. The van der Waals surface area contributed by atoms with Crippen LogP contribution in [0.15, 0.2) is 36.4 Å². The predicted octanol–water partition coefficient (Wildman–Crippen LogP) is 3.84. The summed E-state index contributed by atoms with van der Waals surface area (Å²) in [4.78, 5) is 23.4. The average Bonchev–Trinajstić information content (AvgIpc) is 2.33. The van der Waals surface area contributed by atoms with Crippen LogP contribution in [0.25, 0.3) is 0 Å². The molecule has 0 spiro atoms. The molecule has 0 N–H and O–H groups in total. The summed E-state index contributed by atoms with van der Waals surface area (Å²) < 4.78 is 10.4. The minimum atomic E-state index is -0.967. The molecule has 0 amide bonds. The second-order valence-electron chi connectivity index (χ2n) is 5.54. The Labute approximate surface area is 129 Å². The molecule has 4 nitrogen and oxygen atoms in total. The second kappa shape index (κ2) is 6.76. The number of carbonyl (C=O) groups excluding carboxylic acids is 2. The minimum absolute atomic E-state index is 0.0215. The highest BCUT2D eigenvalue weighted by molar-refractivity contribution is 6.31. The molecule has 0 aliphatic rings. The topological polar surface area (TPSA) is 52.6 Å². The maximum atomic E-state index is 12.1. The zero-order valence-corrected chi connectivity index (χ0v) is 13.4. The van der Waals surface area contributed by atoms with Crippen molar-refractivity contribution in [3.05, 3.63) is 47.0 Å². The van der Waals surface area contributed by atoms with Gasteiger partial charge in [0.05, 0.1) is 5.57 Å². The highest BCUT2D eigenvalue weighted by Gasteiger charge is 2.29. The molecule has 0 bridgehead atoms. The lowest BCUT2D eigenvalue weighted by Gasteiger charge is -2.24. The van der Waals surface area contributed by atoms with E-state index in [0.717, 1.165) is 0 Å². The zero-order chi connectivity index (χ0) is 16.2. The lowest BCUT2D eigenvalue weighted by Crippen LogP contribution is -2.27. The van der Waals surface area contributed by atoms with Crippen LogP contribution in [0.2, 0.25) is 5.02 Å². The van der Waals surface area contributed by atoms with Crippen molar-refractivity contribution in [3.8, 4) is 0 Å². The molecule has 1 aromatic rings. The van der Waals surface area contributed by atoms with Crippen molar-refractivity contribution in [2.24, 2.45) is 0 Å². The summed E-state index contributed by atoms with van der Waals surface area (Å²) in [6.07, 6.45) is -0.967. The molecule has 114 valence electrons. The van der Waals surface area contributed by atoms with E-state index in [-0.39, 0.29) is 5.57 Å². The molecule has 1 rings (SSSR count). The molecule has 0 aliphatic heterocycles. The molecular weight excluding hydrogens is 292 g/mol.